The van der Waals surface area contributed by atoms with Crippen molar-refractivity contribution in [3.8, 4) is 0 Å². The van der Waals surface area contributed by atoms with Crippen LogP contribution in [0.3, 0.4) is 0 Å². The fourth-order valence-electron chi connectivity index (χ4n) is 1.14. The molecule has 5 nitrogen and oxygen atoms in total. The molecule has 28 heavy (non-hydrogen) atoms. The van der Waals surface area contributed by atoms with Crippen LogP contribution in [-0.4, -0.2) is 51.5 Å². The first-order chi connectivity index (χ1) is 11.2. The third-order valence-electron chi connectivity index (χ3n) is 2.37. The van der Waals surface area contributed by atoms with E-state index >= 15 is 0 Å². The summed E-state index contributed by atoms with van der Waals surface area (Å²) in [6.07, 6.45) is -30.8. The molecular formula is C6F14KNO4S2. The fraction of sp³-hybridized carbons (Fsp3) is 1.00. The maximum absolute atomic E-state index is 13.2. The van der Waals surface area contributed by atoms with Crippen molar-refractivity contribution < 1.29 is 130 Å². The van der Waals surface area contributed by atoms with Crippen LogP contribution in [-0.2, 0) is 20.0 Å². The van der Waals surface area contributed by atoms with Gasteiger partial charge in [0, 0.05) is 0 Å². The van der Waals surface area contributed by atoms with Crippen molar-refractivity contribution in [2.45, 2.75) is 34.7 Å². The van der Waals surface area contributed by atoms with Gasteiger partial charge in [-0.25, -0.2) is 25.6 Å². The number of sulfonamides is 2. The summed E-state index contributed by atoms with van der Waals surface area (Å²) in [4.78, 5) is 0. The molecule has 0 aliphatic carbocycles. The van der Waals surface area contributed by atoms with Crippen LogP contribution in [0.15, 0.2) is 0 Å². The molecular weight excluding hydrogens is 519 g/mol. The minimum absolute atomic E-state index is 0. The zero-order chi connectivity index (χ0) is 22.7. The zero-order valence-corrected chi connectivity index (χ0v) is 16.9. The standard InChI is InChI=1S/C6F14NO4S2.K/c7-1(3(9,10)11,4(12,13)14)26(22,23)21-27(24,25)2(8,5(15,16)17)6(18,19)20;/q-1;+1. The van der Waals surface area contributed by atoms with E-state index in [1.165, 1.54) is 0 Å². The van der Waals surface area contributed by atoms with Gasteiger partial charge in [-0.1, -0.05) is 0 Å². The molecule has 0 aliphatic heterocycles. The summed E-state index contributed by atoms with van der Waals surface area (Å²) in [5.74, 6) is 0. The van der Waals surface area contributed by atoms with Gasteiger partial charge in [-0.15, -0.1) is 0 Å². The molecule has 0 atom stereocenters. The summed E-state index contributed by atoms with van der Waals surface area (Å²) in [7, 11) is -17.0. The van der Waals surface area contributed by atoms with E-state index in [-0.39, 0.29) is 55.5 Å². The number of rotatable bonds is 4. The van der Waals surface area contributed by atoms with Gasteiger partial charge in [0.2, 0.25) is 0 Å². The minimum atomic E-state index is -8.52. The smallest absolute Gasteiger partial charge is 0.429 e. The first-order valence-corrected chi connectivity index (χ1v) is 7.97. The first kappa shape index (κ1) is 30.7. The Kier molecular flexibility index (Phi) is 8.65. The zero-order valence-electron chi connectivity index (χ0n) is 12.2. The number of halogens is 14. The van der Waals surface area contributed by atoms with E-state index < -0.39 is 54.8 Å². The molecule has 0 N–H and O–H groups in total. The van der Waals surface area contributed by atoms with Crippen LogP contribution in [0.2, 0.25) is 0 Å². The Balaban J connectivity index is 0. The number of alkyl halides is 14. The van der Waals surface area contributed by atoms with Crippen molar-refractivity contribution in [1.82, 2.24) is 0 Å². The summed E-state index contributed by atoms with van der Waals surface area (Å²) in [6, 6.07) is 0. The molecule has 0 bridgehead atoms. The average molecular weight is 519 g/mol. The van der Waals surface area contributed by atoms with Crippen LogP contribution in [0.25, 0.3) is 4.13 Å². The molecule has 0 unspecified atom stereocenters. The summed E-state index contributed by atoms with van der Waals surface area (Å²) in [5, 5.41) is -15.6. The predicted molar refractivity (Wildman–Crippen MR) is 53.1 cm³/mol. The molecule has 164 valence electrons. The quantitative estimate of drug-likeness (QED) is 0.403. The van der Waals surface area contributed by atoms with Crippen LogP contribution < -0.4 is 51.4 Å². The monoisotopic (exact) mass is 519 g/mol. The van der Waals surface area contributed by atoms with E-state index in [1.54, 1.807) is 0 Å². The third kappa shape index (κ3) is 4.71. The van der Waals surface area contributed by atoms with E-state index in [1.807, 2.05) is 0 Å². The van der Waals surface area contributed by atoms with Crippen LogP contribution in [0.4, 0.5) is 61.5 Å². The SMILES string of the molecule is O=S(=O)([N-]S(=O)(=O)C(F)(C(F)(F)F)C(F)(F)F)C(F)(C(F)(F)F)C(F)(F)F.[K+]. The molecule has 22 heteroatoms. The van der Waals surface area contributed by atoms with Gasteiger partial charge in [0.15, 0.2) is 0 Å². The van der Waals surface area contributed by atoms with Crippen molar-refractivity contribution >= 4 is 20.0 Å². The maximum Gasteiger partial charge on any atom is 1.00 e. The van der Waals surface area contributed by atoms with Crippen molar-refractivity contribution in [3.63, 3.8) is 0 Å². The van der Waals surface area contributed by atoms with Crippen molar-refractivity contribution in [2.75, 3.05) is 0 Å². The van der Waals surface area contributed by atoms with Crippen LogP contribution >= 0.6 is 0 Å². The number of hydrogen-bond acceptors (Lipinski definition) is 4. The van der Waals surface area contributed by atoms with Gasteiger partial charge in [0.1, 0.15) is 20.0 Å². The molecule has 0 fully saturated rings. The van der Waals surface area contributed by atoms with Gasteiger partial charge in [0.25, 0.3) is 0 Å². The Morgan fingerprint density at radius 2 is 0.571 bits per heavy atom. The Morgan fingerprint density at radius 1 is 0.429 bits per heavy atom. The predicted octanol–water partition coefficient (Wildman–Crippen LogP) is 0.605. The van der Waals surface area contributed by atoms with Crippen molar-refractivity contribution in [3.05, 3.63) is 4.13 Å². The molecule has 0 aromatic rings. The first-order valence-electron chi connectivity index (χ1n) is 5.09. The van der Waals surface area contributed by atoms with Crippen LogP contribution in [0.1, 0.15) is 0 Å². The second kappa shape index (κ2) is 7.89. The molecule has 0 saturated carbocycles. The van der Waals surface area contributed by atoms with Crippen LogP contribution in [0, 0.1) is 0 Å². The van der Waals surface area contributed by atoms with Crippen LogP contribution in [0.5, 0.6) is 0 Å². The Bertz CT molecular complexity index is 681. The minimum Gasteiger partial charge on any atom is -0.429 e. The molecule has 0 aliphatic rings. The summed E-state index contributed by atoms with van der Waals surface area (Å²) in [6.45, 7) is 0. The molecule has 0 aromatic carbocycles. The largest absolute Gasteiger partial charge is 1.00 e. The van der Waals surface area contributed by atoms with E-state index in [2.05, 4.69) is 0 Å². The topological polar surface area (TPSA) is 82.4 Å². The van der Waals surface area contributed by atoms with Crippen molar-refractivity contribution in [1.29, 1.82) is 0 Å². The van der Waals surface area contributed by atoms with Gasteiger partial charge in [-0.2, -0.15) is 52.7 Å². The molecule has 0 amide bonds. The Hall–Kier alpha value is 0.516. The van der Waals surface area contributed by atoms with Gasteiger partial charge in [-0.3, -0.25) is 0 Å². The summed E-state index contributed by atoms with van der Waals surface area (Å²) >= 11 is 0. The van der Waals surface area contributed by atoms with Gasteiger partial charge < -0.3 is 4.13 Å². The normalized spacial score (nSPS) is 15.9. The van der Waals surface area contributed by atoms with Gasteiger partial charge in [-0.05, 0) is 0 Å². The number of nitrogens with zero attached hydrogens (tertiary/aromatic N) is 1. The van der Waals surface area contributed by atoms with Gasteiger partial charge >= 0.3 is 86.1 Å². The fourth-order valence-corrected chi connectivity index (χ4v) is 4.16. The number of hydrogen-bond donors (Lipinski definition) is 0. The second-order valence-electron chi connectivity index (χ2n) is 4.21. The summed E-state index contributed by atoms with van der Waals surface area (Å²) < 4.78 is 216. The van der Waals surface area contributed by atoms with Gasteiger partial charge in [0.05, 0.1) is 0 Å². The van der Waals surface area contributed by atoms with Crippen molar-refractivity contribution in [2.24, 2.45) is 0 Å². The maximum atomic E-state index is 13.2. The van der Waals surface area contributed by atoms with E-state index in [9.17, 15) is 78.3 Å². The van der Waals surface area contributed by atoms with E-state index in [0.717, 1.165) is 0 Å². The molecule has 0 aromatic heterocycles. The Morgan fingerprint density at radius 3 is 0.679 bits per heavy atom. The average Bonchev–Trinajstić information content (AvgIpc) is 2.29. The third-order valence-corrected chi connectivity index (χ3v) is 6.28. The summed E-state index contributed by atoms with van der Waals surface area (Å²) in [5.41, 5.74) is 0. The molecule has 0 radical (unpaired) electrons. The van der Waals surface area contributed by atoms with E-state index in [4.69, 9.17) is 0 Å². The van der Waals surface area contributed by atoms with E-state index in [0.29, 0.717) is 0 Å². The molecule has 0 spiro atoms. The molecule has 0 heterocycles. The Labute approximate surface area is 187 Å². The molecule has 0 saturated heterocycles. The molecule has 0 rings (SSSR count). The second-order valence-corrected chi connectivity index (χ2v) is 7.83.